The van der Waals surface area contributed by atoms with Gasteiger partial charge in [0, 0.05) is 12.2 Å². The molecule has 1 amide bonds. The minimum atomic E-state index is -0.121. The SMILES string of the molecule is CCn1c(SCC(=O)Nc2ccccc2C)nc2ccccc2c1=O. The number of carbonyl (C=O) groups is 1. The highest BCUT2D eigenvalue weighted by atomic mass is 32.2. The van der Waals surface area contributed by atoms with Crippen LogP contribution in [0.2, 0.25) is 0 Å². The number of anilines is 1. The monoisotopic (exact) mass is 353 g/mol. The zero-order chi connectivity index (χ0) is 17.8. The zero-order valence-electron chi connectivity index (χ0n) is 14.2. The van der Waals surface area contributed by atoms with Crippen molar-refractivity contribution in [2.45, 2.75) is 25.5 Å². The third-order valence-electron chi connectivity index (χ3n) is 3.89. The zero-order valence-corrected chi connectivity index (χ0v) is 15.0. The van der Waals surface area contributed by atoms with Crippen molar-refractivity contribution in [3.05, 3.63) is 64.4 Å². The first kappa shape index (κ1) is 17.2. The van der Waals surface area contributed by atoms with Gasteiger partial charge in [0.05, 0.1) is 16.7 Å². The fourth-order valence-electron chi connectivity index (χ4n) is 2.57. The second-order valence-electron chi connectivity index (χ2n) is 5.61. The average molecular weight is 353 g/mol. The number of thioether (sulfide) groups is 1. The van der Waals surface area contributed by atoms with E-state index in [1.54, 1.807) is 10.6 Å². The van der Waals surface area contributed by atoms with Crippen LogP contribution in [0.3, 0.4) is 0 Å². The number of amides is 1. The maximum Gasteiger partial charge on any atom is 0.262 e. The van der Waals surface area contributed by atoms with E-state index in [0.29, 0.717) is 22.6 Å². The summed E-state index contributed by atoms with van der Waals surface area (Å²) >= 11 is 1.27. The average Bonchev–Trinajstić information content (AvgIpc) is 2.62. The molecule has 0 spiro atoms. The molecule has 0 unspecified atom stereocenters. The van der Waals surface area contributed by atoms with Crippen molar-refractivity contribution in [1.82, 2.24) is 9.55 Å². The molecule has 2 aromatic carbocycles. The first-order valence-corrected chi connectivity index (χ1v) is 9.06. The highest BCUT2D eigenvalue weighted by Gasteiger charge is 2.12. The molecule has 128 valence electrons. The smallest absolute Gasteiger partial charge is 0.262 e. The van der Waals surface area contributed by atoms with Gasteiger partial charge in [-0.05, 0) is 37.6 Å². The minimum absolute atomic E-state index is 0.0742. The summed E-state index contributed by atoms with van der Waals surface area (Å²) in [5.41, 5.74) is 2.39. The molecule has 3 rings (SSSR count). The van der Waals surface area contributed by atoms with Crippen LogP contribution in [-0.2, 0) is 11.3 Å². The molecule has 25 heavy (non-hydrogen) atoms. The van der Waals surface area contributed by atoms with E-state index in [-0.39, 0.29) is 17.2 Å². The van der Waals surface area contributed by atoms with Gasteiger partial charge in [0.15, 0.2) is 5.16 Å². The topological polar surface area (TPSA) is 64.0 Å². The number of benzene rings is 2. The Kier molecular flexibility index (Phi) is 5.19. The molecule has 0 aliphatic carbocycles. The van der Waals surface area contributed by atoms with Crippen molar-refractivity contribution in [2.24, 2.45) is 0 Å². The van der Waals surface area contributed by atoms with Crippen LogP contribution in [0.1, 0.15) is 12.5 Å². The number of fused-ring (bicyclic) bond motifs is 1. The maximum atomic E-state index is 12.6. The molecule has 0 saturated heterocycles. The molecule has 1 heterocycles. The number of aryl methyl sites for hydroxylation is 1. The highest BCUT2D eigenvalue weighted by molar-refractivity contribution is 7.99. The predicted octanol–water partition coefficient (Wildman–Crippen LogP) is 3.46. The normalized spacial score (nSPS) is 10.8. The molecule has 0 bridgehead atoms. The third-order valence-corrected chi connectivity index (χ3v) is 4.87. The number of para-hydroxylation sites is 2. The summed E-state index contributed by atoms with van der Waals surface area (Å²) in [6.07, 6.45) is 0. The van der Waals surface area contributed by atoms with Crippen molar-refractivity contribution in [3.63, 3.8) is 0 Å². The van der Waals surface area contributed by atoms with Gasteiger partial charge in [-0.25, -0.2) is 4.98 Å². The fraction of sp³-hybridized carbons (Fsp3) is 0.211. The second-order valence-corrected chi connectivity index (χ2v) is 6.56. The van der Waals surface area contributed by atoms with Crippen LogP contribution in [0, 0.1) is 6.92 Å². The third kappa shape index (κ3) is 3.74. The molecular formula is C19H19N3O2S. The first-order chi connectivity index (χ1) is 12.1. The van der Waals surface area contributed by atoms with Gasteiger partial charge in [-0.3, -0.25) is 14.2 Å². The summed E-state index contributed by atoms with van der Waals surface area (Å²) in [6.45, 7) is 4.36. The standard InChI is InChI=1S/C19H19N3O2S/c1-3-22-18(24)14-9-5-7-11-16(14)21-19(22)25-12-17(23)20-15-10-6-4-8-13(15)2/h4-11H,3,12H2,1-2H3,(H,20,23). The van der Waals surface area contributed by atoms with Gasteiger partial charge >= 0.3 is 0 Å². The number of rotatable bonds is 5. The van der Waals surface area contributed by atoms with E-state index >= 15 is 0 Å². The Morgan fingerprint density at radius 1 is 1.16 bits per heavy atom. The van der Waals surface area contributed by atoms with E-state index in [1.807, 2.05) is 56.3 Å². The molecular weight excluding hydrogens is 334 g/mol. The van der Waals surface area contributed by atoms with Gasteiger partial charge in [-0.15, -0.1) is 0 Å². The fourth-order valence-corrected chi connectivity index (χ4v) is 3.43. The van der Waals surface area contributed by atoms with E-state index in [9.17, 15) is 9.59 Å². The molecule has 0 aliphatic rings. The number of hydrogen-bond acceptors (Lipinski definition) is 4. The van der Waals surface area contributed by atoms with Crippen molar-refractivity contribution in [3.8, 4) is 0 Å². The predicted molar refractivity (Wildman–Crippen MR) is 102 cm³/mol. The number of hydrogen-bond donors (Lipinski definition) is 1. The maximum absolute atomic E-state index is 12.6. The lowest BCUT2D eigenvalue weighted by atomic mass is 10.2. The number of carbonyl (C=O) groups excluding carboxylic acids is 1. The van der Waals surface area contributed by atoms with Gasteiger partial charge in [0.1, 0.15) is 0 Å². The van der Waals surface area contributed by atoms with E-state index in [1.165, 1.54) is 11.8 Å². The van der Waals surface area contributed by atoms with Crippen LogP contribution in [0.25, 0.3) is 10.9 Å². The van der Waals surface area contributed by atoms with Gasteiger partial charge < -0.3 is 5.32 Å². The Morgan fingerprint density at radius 3 is 2.64 bits per heavy atom. The Balaban J connectivity index is 1.80. The number of aromatic nitrogens is 2. The van der Waals surface area contributed by atoms with Gasteiger partial charge in [0.2, 0.25) is 5.91 Å². The van der Waals surface area contributed by atoms with Crippen LogP contribution < -0.4 is 10.9 Å². The first-order valence-electron chi connectivity index (χ1n) is 8.08. The number of nitrogens with zero attached hydrogens (tertiary/aromatic N) is 2. The van der Waals surface area contributed by atoms with E-state index < -0.39 is 0 Å². The Morgan fingerprint density at radius 2 is 1.88 bits per heavy atom. The van der Waals surface area contributed by atoms with Gasteiger partial charge in [-0.1, -0.05) is 42.1 Å². The quantitative estimate of drug-likeness (QED) is 0.564. The molecule has 5 nitrogen and oxygen atoms in total. The summed E-state index contributed by atoms with van der Waals surface area (Å²) in [6, 6.07) is 14.9. The minimum Gasteiger partial charge on any atom is -0.325 e. The summed E-state index contributed by atoms with van der Waals surface area (Å²) in [4.78, 5) is 29.4. The summed E-state index contributed by atoms with van der Waals surface area (Å²) in [5, 5.41) is 4.05. The van der Waals surface area contributed by atoms with E-state index in [4.69, 9.17) is 0 Å². The lowest BCUT2D eigenvalue weighted by Crippen LogP contribution is -2.23. The molecule has 3 aromatic rings. The molecule has 6 heteroatoms. The van der Waals surface area contributed by atoms with E-state index in [2.05, 4.69) is 10.3 Å². The number of nitrogens with one attached hydrogen (secondary N) is 1. The van der Waals surface area contributed by atoms with E-state index in [0.717, 1.165) is 11.3 Å². The Labute approximate surface area is 150 Å². The van der Waals surface area contributed by atoms with Crippen molar-refractivity contribution in [2.75, 3.05) is 11.1 Å². The lowest BCUT2D eigenvalue weighted by Gasteiger charge is -2.11. The van der Waals surface area contributed by atoms with Crippen molar-refractivity contribution >= 4 is 34.3 Å². The molecule has 0 fully saturated rings. The largest absolute Gasteiger partial charge is 0.325 e. The summed E-state index contributed by atoms with van der Waals surface area (Å²) in [7, 11) is 0. The van der Waals surface area contributed by atoms with Gasteiger partial charge in [0.25, 0.3) is 5.56 Å². The molecule has 0 saturated carbocycles. The van der Waals surface area contributed by atoms with Crippen LogP contribution in [0.4, 0.5) is 5.69 Å². The van der Waals surface area contributed by atoms with Crippen molar-refractivity contribution < 1.29 is 4.79 Å². The summed E-state index contributed by atoms with van der Waals surface area (Å²) < 4.78 is 1.61. The van der Waals surface area contributed by atoms with Crippen molar-refractivity contribution in [1.29, 1.82) is 0 Å². The highest BCUT2D eigenvalue weighted by Crippen LogP contribution is 2.19. The van der Waals surface area contributed by atoms with Crippen LogP contribution in [0.15, 0.2) is 58.5 Å². The Hall–Kier alpha value is -2.60. The molecule has 0 aliphatic heterocycles. The van der Waals surface area contributed by atoms with Crippen LogP contribution >= 0.6 is 11.8 Å². The van der Waals surface area contributed by atoms with Crippen LogP contribution in [0.5, 0.6) is 0 Å². The van der Waals surface area contributed by atoms with Gasteiger partial charge in [-0.2, -0.15) is 0 Å². The second kappa shape index (κ2) is 7.53. The molecule has 0 atom stereocenters. The molecule has 0 radical (unpaired) electrons. The Bertz CT molecular complexity index is 982. The lowest BCUT2D eigenvalue weighted by molar-refractivity contribution is -0.113. The molecule has 1 N–H and O–H groups in total. The summed E-state index contributed by atoms with van der Waals surface area (Å²) in [5.74, 6) is 0.0726. The van der Waals surface area contributed by atoms with Crippen LogP contribution in [-0.4, -0.2) is 21.2 Å². The molecule has 1 aromatic heterocycles.